The molecule has 0 fully saturated rings. The third-order valence-electron chi connectivity index (χ3n) is 1.46. The molecule has 0 saturated heterocycles. The van der Waals surface area contributed by atoms with Gasteiger partial charge < -0.3 is 5.73 Å². The quantitative estimate of drug-likeness (QED) is 0.720. The molecule has 0 aliphatic heterocycles. The van der Waals surface area contributed by atoms with Crippen LogP contribution in [0.2, 0.25) is 0 Å². The lowest BCUT2D eigenvalue weighted by Gasteiger charge is -2.09. The van der Waals surface area contributed by atoms with Gasteiger partial charge in [-0.1, -0.05) is 0 Å². The zero-order valence-corrected chi connectivity index (χ0v) is 6.93. The van der Waals surface area contributed by atoms with Crippen LogP contribution in [-0.2, 0) is 0 Å². The highest BCUT2D eigenvalue weighted by Crippen LogP contribution is 2.19. The number of carbonyl (C=O) groups is 1. The van der Waals surface area contributed by atoms with Gasteiger partial charge in [-0.3, -0.25) is 10.1 Å². The molecule has 0 saturated carbocycles. The van der Waals surface area contributed by atoms with Gasteiger partial charge in [-0.15, -0.1) is 0 Å². The lowest BCUT2D eigenvalue weighted by Crippen LogP contribution is -2.20. The number of hydrogen-bond acceptors (Lipinski definition) is 2. The van der Waals surface area contributed by atoms with Crippen molar-refractivity contribution < 1.29 is 18.0 Å². The Hall–Kier alpha value is -1.72. The van der Waals surface area contributed by atoms with Crippen molar-refractivity contribution in [3.8, 4) is 0 Å². The van der Waals surface area contributed by atoms with Crippen LogP contribution in [0.1, 0.15) is 10.4 Å². The predicted molar refractivity (Wildman–Crippen MR) is 44.6 cm³/mol. The van der Waals surface area contributed by atoms with Crippen LogP contribution in [0.15, 0.2) is 24.3 Å². The summed E-state index contributed by atoms with van der Waals surface area (Å²) >= 11 is 0. The molecule has 0 bridgehead atoms. The molecule has 0 aliphatic rings. The summed E-state index contributed by atoms with van der Waals surface area (Å²) in [5, 5.41) is 1.30. The first-order chi connectivity index (χ1) is 6.38. The lowest BCUT2D eigenvalue weighted by atomic mass is 10.2. The summed E-state index contributed by atoms with van der Waals surface area (Å²) in [6.45, 7) is 0. The first-order valence-corrected chi connectivity index (χ1v) is 3.63. The normalized spacial score (nSPS) is 11.1. The molecular formula is C8H7F3N2O. The molecule has 1 rings (SSSR count). The van der Waals surface area contributed by atoms with E-state index in [-0.39, 0.29) is 11.3 Å². The molecule has 6 heteroatoms. The van der Waals surface area contributed by atoms with Crippen LogP contribution in [0, 0.1) is 0 Å². The second kappa shape index (κ2) is 3.57. The third-order valence-corrected chi connectivity index (χ3v) is 1.46. The molecule has 1 amide bonds. The minimum absolute atomic E-state index is 0.137. The van der Waals surface area contributed by atoms with Crippen LogP contribution >= 0.6 is 0 Å². The van der Waals surface area contributed by atoms with E-state index in [4.69, 9.17) is 5.73 Å². The maximum Gasteiger partial charge on any atom is 0.482 e. The summed E-state index contributed by atoms with van der Waals surface area (Å²) < 4.78 is 35.4. The molecule has 14 heavy (non-hydrogen) atoms. The van der Waals surface area contributed by atoms with Gasteiger partial charge in [-0.25, -0.2) is 0 Å². The van der Waals surface area contributed by atoms with Crippen LogP contribution in [0.25, 0.3) is 0 Å². The largest absolute Gasteiger partial charge is 0.482 e. The van der Waals surface area contributed by atoms with Crippen molar-refractivity contribution in [2.45, 2.75) is 6.30 Å². The second-order valence-corrected chi connectivity index (χ2v) is 2.56. The van der Waals surface area contributed by atoms with Gasteiger partial charge in [0.05, 0.1) is 0 Å². The van der Waals surface area contributed by atoms with Gasteiger partial charge >= 0.3 is 6.30 Å². The Morgan fingerprint density at radius 1 is 1.21 bits per heavy atom. The van der Waals surface area contributed by atoms with E-state index in [1.165, 1.54) is 17.4 Å². The molecule has 0 atom stereocenters. The molecule has 1 aromatic carbocycles. The number of carbonyl (C=O) groups excluding carboxylic acids is 1. The molecular weight excluding hydrogens is 197 g/mol. The highest BCUT2D eigenvalue weighted by atomic mass is 19.4. The maximum absolute atomic E-state index is 11.8. The van der Waals surface area contributed by atoms with Crippen molar-refractivity contribution in [3.63, 3.8) is 0 Å². The maximum atomic E-state index is 11.8. The summed E-state index contributed by atoms with van der Waals surface area (Å²) in [6.07, 6.45) is -4.48. The second-order valence-electron chi connectivity index (χ2n) is 2.56. The Kier molecular flexibility index (Phi) is 2.64. The Morgan fingerprint density at radius 2 is 1.71 bits per heavy atom. The molecule has 1 aromatic rings. The fourth-order valence-corrected chi connectivity index (χ4v) is 0.881. The molecule has 76 valence electrons. The van der Waals surface area contributed by atoms with Gasteiger partial charge in [0.15, 0.2) is 0 Å². The van der Waals surface area contributed by atoms with E-state index in [0.717, 1.165) is 12.1 Å². The summed E-state index contributed by atoms with van der Waals surface area (Å²) in [5.41, 5.74) is 4.94. The van der Waals surface area contributed by atoms with Crippen LogP contribution in [0.5, 0.6) is 0 Å². The topological polar surface area (TPSA) is 55.1 Å². The van der Waals surface area contributed by atoms with E-state index in [9.17, 15) is 18.0 Å². The minimum atomic E-state index is -4.48. The monoisotopic (exact) mass is 204 g/mol. The molecule has 0 heterocycles. The van der Waals surface area contributed by atoms with E-state index in [2.05, 4.69) is 0 Å². The number of nitrogens with one attached hydrogen (secondary N) is 1. The van der Waals surface area contributed by atoms with Crippen molar-refractivity contribution in [1.29, 1.82) is 0 Å². The Labute approximate surface area is 77.7 Å². The van der Waals surface area contributed by atoms with E-state index in [1.54, 1.807) is 0 Å². The SMILES string of the molecule is NC(=O)c1ccc(NC(F)(F)F)cc1. The average Bonchev–Trinajstić information content (AvgIpc) is 2.02. The average molecular weight is 204 g/mol. The summed E-state index contributed by atoms with van der Waals surface area (Å²) in [6, 6.07) is 4.70. The Bertz CT molecular complexity index is 331. The smallest absolute Gasteiger partial charge is 0.366 e. The number of hydrogen-bond donors (Lipinski definition) is 2. The lowest BCUT2D eigenvalue weighted by molar-refractivity contribution is -0.0999. The van der Waals surface area contributed by atoms with Crippen LogP contribution < -0.4 is 11.1 Å². The van der Waals surface area contributed by atoms with Crippen LogP contribution in [-0.4, -0.2) is 12.2 Å². The standard InChI is InChI=1S/C8H7F3N2O/c9-8(10,11)13-6-3-1-5(2-4-6)7(12)14/h1-4,13H,(H2,12,14). The van der Waals surface area contributed by atoms with Gasteiger partial charge in [-0.05, 0) is 24.3 Å². The summed E-state index contributed by atoms with van der Waals surface area (Å²) in [4.78, 5) is 10.6. The minimum Gasteiger partial charge on any atom is -0.366 e. The van der Waals surface area contributed by atoms with Crippen molar-refractivity contribution >= 4 is 11.6 Å². The molecule has 0 aliphatic carbocycles. The highest BCUT2D eigenvalue weighted by molar-refractivity contribution is 5.93. The highest BCUT2D eigenvalue weighted by Gasteiger charge is 2.26. The van der Waals surface area contributed by atoms with Crippen LogP contribution in [0.3, 0.4) is 0 Å². The van der Waals surface area contributed by atoms with Gasteiger partial charge in [0.25, 0.3) is 0 Å². The van der Waals surface area contributed by atoms with Gasteiger partial charge in [0.2, 0.25) is 5.91 Å². The van der Waals surface area contributed by atoms with Gasteiger partial charge in [-0.2, -0.15) is 13.2 Å². The number of anilines is 1. The number of amides is 1. The number of primary amides is 1. The van der Waals surface area contributed by atoms with E-state index in [1.807, 2.05) is 0 Å². The molecule has 0 unspecified atom stereocenters. The Balaban J connectivity index is 2.79. The van der Waals surface area contributed by atoms with Crippen LogP contribution in [0.4, 0.5) is 18.9 Å². The number of alkyl halides is 3. The Morgan fingerprint density at radius 3 is 2.07 bits per heavy atom. The fraction of sp³-hybridized carbons (Fsp3) is 0.125. The number of nitrogens with two attached hydrogens (primary N) is 1. The zero-order valence-electron chi connectivity index (χ0n) is 6.93. The van der Waals surface area contributed by atoms with Gasteiger partial charge in [0.1, 0.15) is 0 Å². The predicted octanol–water partition coefficient (Wildman–Crippen LogP) is 1.72. The molecule has 0 aromatic heterocycles. The summed E-state index contributed by atoms with van der Waals surface area (Å²) in [7, 11) is 0. The first kappa shape index (κ1) is 10.4. The zero-order chi connectivity index (χ0) is 10.8. The molecule has 3 N–H and O–H groups in total. The summed E-state index contributed by atoms with van der Waals surface area (Å²) in [5.74, 6) is -0.677. The van der Waals surface area contributed by atoms with Gasteiger partial charge in [0, 0.05) is 11.3 Å². The van der Waals surface area contributed by atoms with Crippen molar-refractivity contribution in [3.05, 3.63) is 29.8 Å². The van der Waals surface area contributed by atoms with E-state index >= 15 is 0 Å². The van der Waals surface area contributed by atoms with Crippen molar-refractivity contribution in [1.82, 2.24) is 0 Å². The first-order valence-electron chi connectivity index (χ1n) is 3.63. The number of halogens is 3. The molecule has 0 radical (unpaired) electrons. The number of benzene rings is 1. The van der Waals surface area contributed by atoms with Crippen molar-refractivity contribution in [2.75, 3.05) is 5.32 Å². The fourth-order valence-electron chi connectivity index (χ4n) is 0.881. The molecule has 3 nitrogen and oxygen atoms in total. The van der Waals surface area contributed by atoms with Crippen molar-refractivity contribution in [2.24, 2.45) is 5.73 Å². The number of rotatable bonds is 2. The molecule has 0 spiro atoms. The van der Waals surface area contributed by atoms with E-state index < -0.39 is 12.2 Å². The third kappa shape index (κ3) is 2.96. The van der Waals surface area contributed by atoms with E-state index in [0.29, 0.717) is 0 Å².